The highest BCUT2D eigenvalue weighted by molar-refractivity contribution is 5.31. The van der Waals surface area contributed by atoms with E-state index in [9.17, 15) is 0 Å². The average Bonchev–Trinajstić information content (AvgIpc) is 3.18. The van der Waals surface area contributed by atoms with Crippen LogP contribution in [0.1, 0.15) is 116 Å². The molecule has 0 fully saturated rings. The molecule has 0 spiro atoms. The first-order valence-electron chi connectivity index (χ1n) is 13.0. The van der Waals surface area contributed by atoms with E-state index in [2.05, 4.69) is 65.7 Å². The first-order valence-corrected chi connectivity index (χ1v) is 13.0. The van der Waals surface area contributed by atoms with Gasteiger partial charge in [0.2, 0.25) is 0 Å². The molecule has 2 heteroatoms. The molecule has 1 aromatic heterocycles. The Morgan fingerprint density at radius 2 is 1.17 bits per heavy atom. The van der Waals surface area contributed by atoms with Gasteiger partial charge >= 0.3 is 0 Å². The Bertz CT molecular complexity index is 644. The number of aromatic nitrogens is 2. The molecule has 30 heavy (non-hydrogen) atoms. The van der Waals surface area contributed by atoms with Gasteiger partial charge in [0.25, 0.3) is 5.82 Å². The minimum absolute atomic E-state index is 1.16. The number of para-hydroxylation sites is 1. The molecule has 0 atom stereocenters. The number of unbranched alkanes of at least 4 members (excludes halogenated alkanes) is 13. The number of hydrogen-bond donors (Lipinski definition) is 0. The van der Waals surface area contributed by atoms with E-state index in [0.29, 0.717) is 0 Å². The summed E-state index contributed by atoms with van der Waals surface area (Å²) >= 11 is 0. The second-order valence-corrected chi connectivity index (χ2v) is 8.96. The van der Waals surface area contributed by atoms with Gasteiger partial charge in [0, 0.05) is 6.42 Å². The highest BCUT2D eigenvalue weighted by Crippen LogP contribution is 2.15. The van der Waals surface area contributed by atoms with E-state index in [1.54, 1.807) is 0 Å². The third-order valence-electron chi connectivity index (χ3n) is 6.30. The largest absolute Gasteiger partial charge is 0.261 e. The Morgan fingerprint density at radius 1 is 0.633 bits per heavy atom. The maximum atomic E-state index is 2.51. The van der Waals surface area contributed by atoms with E-state index in [-0.39, 0.29) is 0 Å². The smallest absolute Gasteiger partial charge is 0.234 e. The number of hydrogen-bond acceptors (Lipinski definition) is 0. The van der Waals surface area contributed by atoms with Gasteiger partial charge in [-0.3, -0.25) is 0 Å². The zero-order valence-corrected chi connectivity index (χ0v) is 20.0. The molecule has 0 bridgehead atoms. The monoisotopic (exact) mass is 411 g/mol. The maximum absolute atomic E-state index is 2.51. The molecular formula is C28H47N2+. The fourth-order valence-corrected chi connectivity index (χ4v) is 4.41. The van der Waals surface area contributed by atoms with Gasteiger partial charge in [0.05, 0.1) is 6.54 Å². The van der Waals surface area contributed by atoms with Crippen LogP contribution in [-0.2, 0) is 13.0 Å². The summed E-state index contributed by atoms with van der Waals surface area (Å²) in [5.41, 5.74) is 1.29. The fourth-order valence-electron chi connectivity index (χ4n) is 4.41. The van der Waals surface area contributed by atoms with Gasteiger partial charge in [0.1, 0.15) is 18.1 Å². The van der Waals surface area contributed by atoms with E-state index < -0.39 is 0 Å². The second-order valence-electron chi connectivity index (χ2n) is 8.96. The second kappa shape index (κ2) is 16.2. The Morgan fingerprint density at radius 3 is 1.77 bits per heavy atom. The summed E-state index contributed by atoms with van der Waals surface area (Å²) in [5, 5.41) is 0. The molecule has 0 saturated heterocycles. The molecule has 2 nitrogen and oxygen atoms in total. The Balaban J connectivity index is 1.75. The topological polar surface area (TPSA) is 8.81 Å². The molecule has 0 radical (unpaired) electrons. The van der Waals surface area contributed by atoms with Crippen LogP contribution in [0.25, 0.3) is 5.69 Å². The lowest BCUT2D eigenvalue weighted by atomic mass is 10.1. The van der Waals surface area contributed by atoms with Crippen LogP contribution in [0, 0.1) is 0 Å². The van der Waals surface area contributed by atoms with Gasteiger partial charge in [-0.2, -0.15) is 4.57 Å². The Labute approximate surface area is 186 Å². The van der Waals surface area contributed by atoms with Crippen LogP contribution in [0.2, 0.25) is 0 Å². The number of aryl methyl sites for hydroxylation is 1. The standard InChI is InChI=1S/C28H47N2/c1-3-5-7-9-10-11-12-13-14-15-19-23-28-29(24-20-8-6-4-2)25-26-30(28)27-21-17-16-18-22-27/h16-18,21-22,25-26H,3-15,19-20,23-24H2,1-2H3/q+1. The molecule has 0 amide bonds. The third kappa shape index (κ3) is 9.49. The number of benzene rings is 1. The summed E-state index contributed by atoms with van der Waals surface area (Å²) in [7, 11) is 0. The summed E-state index contributed by atoms with van der Waals surface area (Å²) in [6.45, 7) is 5.74. The summed E-state index contributed by atoms with van der Waals surface area (Å²) in [4.78, 5) is 0. The minimum atomic E-state index is 1.16. The summed E-state index contributed by atoms with van der Waals surface area (Å²) in [6, 6.07) is 10.9. The van der Waals surface area contributed by atoms with E-state index in [4.69, 9.17) is 0 Å². The minimum Gasteiger partial charge on any atom is -0.234 e. The van der Waals surface area contributed by atoms with Crippen molar-refractivity contribution in [3.8, 4) is 5.69 Å². The van der Waals surface area contributed by atoms with Gasteiger partial charge < -0.3 is 0 Å². The lowest BCUT2D eigenvalue weighted by Gasteiger charge is -2.06. The van der Waals surface area contributed by atoms with Crippen molar-refractivity contribution in [2.45, 2.75) is 123 Å². The number of imidazole rings is 1. The van der Waals surface area contributed by atoms with E-state index >= 15 is 0 Å². The predicted molar refractivity (Wildman–Crippen MR) is 130 cm³/mol. The Kier molecular flexibility index (Phi) is 13.3. The van der Waals surface area contributed by atoms with Crippen molar-refractivity contribution in [3.63, 3.8) is 0 Å². The number of rotatable bonds is 18. The van der Waals surface area contributed by atoms with Gasteiger partial charge in [0.15, 0.2) is 0 Å². The van der Waals surface area contributed by atoms with Crippen molar-refractivity contribution in [3.05, 3.63) is 48.5 Å². The summed E-state index contributed by atoms with van der Waals surface area (Å²) in [5.74, 6) is 1.48. The highest BCUT2D eigenvalue weighted by Gasteiger charge is 2.18. The molecule has 1 heterocycles. The van der Waals surface area contributed by atoms with Crippen LogP contribution in [0.15, 0.2) is 42.7 Å². The van der Waals surface area contributed by atoms with Crippen LogP contribution < -0.4 is 4.57 Å². The van der Waals surface area contributed by atoms with Gasteiger partial charge in [-0.15, -0.1) is 0 Å². The molecule has 0 aliphatic carbocycles. The van der Waals surface area contributed by atoms with Crippen LogP contribution in [0.3, 0.4) is 0 Å². The van der Waals surface area contributed by atoms with Gasteiger partial charge in [-0.1, -0.05) is 109 Å². The normalized spacial score (nSPS) is 11.3. The Hall–Kier alpha value is -1.57. The van der Waals surface area contributed by atoms with Crippen molar-refractivity contribution in [1.29, 1.82) is 0 Å². The van der Waals surface area contributed by atoms with Crippen molar-refractivity contribution in [2.75, 3.05) is 0 Å². The first kappa shape index (κ1) is 24.7. The zero-order valence-electron chi connectivity index (χ0n) is 20.0. The molecule has 0 unspecified atom stereocenters. The third-order valence-corrected chi connectivity index (χ3v) is 6.30. The van der Waals surface area contributed by atoms with Crippen LogP contribution in [0.4, 0.5) is 0 Å². The van der Waals surface area contributed by atoms with Crippen molar-refractivity contribution < 1.29 is 4.57 Å². The van der Waals surface area contributed by atoms with Crippen molar-refractivity contribution in [2.24, 2.45) is 0 Å². The number of nitrogens with zero attached hydrogens (tertiary/aromatic N) is 2. The average molecular weight is 412 g/mol. The molecule has 2 aromatic rings. The fraction of sp³-hybridized carbons (Fsp3) is 0.679. The van der Waals surface area contributed by atoms with Gasteiger partial charge in [-0.25, -0.2) is 4.57 Å². The molecule has 0 saturated carbocycles. The summed E-state index contributed by atoms with van der Waals surface area (Å²) < 4.78 is 4.93. The van der Waals surface area contributed by atoms with E-state index in [1.807, 2.05) is 0 Å². The molecule has 168 valence electrons. The first-order chi connectivity index (χ1) is 14.9. The summed E-state index contributed by atoms with van der Waals surface area (Å²) in [6.07, 6.45) is 26.5. The molecule has 1 aromatic carbocycles. The molecular weight excluding hydrogens is 364 g/mol. The van der Waals surface area contributed by atoms with Gasteiger partial charge in [-0.05, 0) is 31.4 Å². The molecule has 0 aliphatic heterocycles. The molecule has 2 rings (SSSR count). The van der Waals surface area contributed by atoms with Crippen LogP contribution >= 0.6 is 0 Å². The predicted octanol–water partition coefficient (Wildman–Crippen LogP) is 8.20. The van der Waals surface area contributed by atoms with E-state index in [0.717, 1.165) is 6.54 Å². The van der Waals surface area contributed by atoms with E-state index in [1.165, 1.54) is 114 Å². The highest BCUT2D eigenvalue weighted by atomic mass is 15.1. The quantitative estimate of drug-likeness (QED) is 0.173. The molecule has 0 aliphatic rings. The van der Waals surface area contributed by atoms with Crippen LogP contribution in [-0.4, -0.2) is 4.57 Å². The van der Waals surface area contributed by atoms with Crippen molar-refractivity contribution >= 4 is 0 Å². The SMILES string of the molecule is CCCCCCCCCCCCCc1n(-c2ccccc2)cc[n+]1CCCCCC. The molecule has 0 N–H and O–H groups in total. The lowest BCUT2D eigenvalue weighted by Crippen LogP contribution is -2.37. The van der Waals surface area contributed by atoms with Crippen LogP contribution in [0.5, 0.6) is 0 Å². The van der Waals surface area contributed by atoms with Crippen molar-refractivity contribution in [1.82, 2.24) is 4.57 Å². The maximum Gasteiger partial charge on any atom is 0.261 e. The lowest BCUT2D eigenvalue weighted by molar-refractivity contribution is -0.704. The zero-order chi connectivity index (χ0) is 21.3.